The molecule has 0 aliphatic carbocycles. The normalized spacial score (nSPS) is 12.5. The number of rotatable bonds is 2. The van der Waals surface area contributed by atoms with E-state index in [9.17, 15) is 12.3 Å². The Balaban J connectivity index is 2.79. The van der Waals surface area contributed by atoms with Gasteiger partial charge in [0.25, 0.3) is 0 Å². The first-order chi connectivity index (χ1) is 5.08. The van der Waals surface area contributed by atoms with Crippen molar-refractivity contribution in [3.63, 3.8) is 0 Å². The van der Waals surface area contributed by atoms with Crippen LogP contribution in [0, 0.1) is 0 Å². The van der Waals surface area contributed by atoms with E-state index in [1.54, 1.807) is 6.07 Å². The lowest BCUT2D eigenvalue weighted by Gasteiger charge is -1.80. The van der Waals surface area contributed by atoms with E-state index in [0.29, 0.717) is 11.2 Å². The quantitative estimate of drug-likeness (QED) is 0.642. The maximum atomic E-state index is 11.8. The molecule has 0 N–H and O–H groups in total. The van der Waals surface area contributed by atoms with Gasteiger partial charge in [0.15, 0.2) is 0 Å². The second-order valence-electron chi connectivity index (χ2n) is 1.79. The van der Waals surface area contributed by atoms with Gasteiger partial charge in [0.1, 0.15) is 5.76 Å². The molecule has 0 amide bonds. The molecule has 0 saturated heterocycles. The van der Waals surface area contributed by atoms with E-state index in [2.05, 4.69) is 0 Å². The zero-order valence-electron chi connectivity index (χ0n) is 5.40. The van der Waals surface area contributed by atoms with Crippen LogP contribution in [0.15, 0.2) is 28.2 Å². The Hall–Kier alpha value is -1.10. The average Bonchev–Trinajstić information content (AvgIpc) is 2.32. The van der Waals surface area contributed by atoms with Gasteiger partial charge in [-0.2, -0.15) is 8.42 Å². The van der Waals surface area contributed by atoms with E-state index in [4.69, 9.17) is 4.42 Å². The molecule has 0 spiro atoms. The molecule has 11 heavy (non-hydrogen) atoms. The van der Waals surface area contributed by atoms with E-state index >= 15 is 0 Å². The number of halogens is 1. The van der Waals surface area contributed by atoms with Gasteiger partial charge in [-0.3, -0.25) is 0 Å². The van der Waals surface area contributed by atoms with E-state index in [-0.39, 0.29) is 0 Å². The number of furan rings is 1. The zero-order valence-corrected chi connectivity index (χ0v) is 6.21. The van der Waals surface area contributed by atoms with Crippen LogP contribution in [0.25, 0.3) is 6.08 Å². The highest BCUT2D eigenvalue weighted by atomic mass is 32.3. The minimum atomic E-state index is -4.54. The highest BCUT2D eigenvalue weighted by molar-refractivity contribution is 7.89. The van der Waals surface area contributed by atoms with Gasteiger partial charge in [-0.15, -0.1) is 3.89 Å². The molecule has 0 aliphatic heterocycles. The van der Waals surface area contributed by atoms with Gasteiger partial charge in [0, 0.05) is 0 Å². The third-order valence-corrected chi connectivity index (χ3v) is 1.40. The highest BCUT2D eigenvalue weighted by Gasteiger charge is 1.98. The molecule has 3 nitrogen and oxygen atoms in total. The molecule has 0 saturated carbocycles. The largest absolute Gasteiger partial charge is 0.465 e. The molecule has 0 bridgehead atoms. The topological polar surface area (TPSA) is 47.3 Å². The summed E-state index contributed by atoms with van der Waals surface area (Å²) in [6, 6.07) is 3.09. The molecule has 0 radical (unpaired) electrons. The van der Waals surface area contributed by atoms with Crippen LogP contribution < -0.4 is 0 Å². The fourth-order valence-corrected chi connectivity index (χ4v) is 0.831. The third-order valence-electron chi connectivity index (χ3n) is 0.938. The van der Waals surface area contributed by atoms with E-state index in [1.807, 2.05) is 0 Å². The van der Waals surface area contributed by atoms with Crippen LogP contribution in [0.3, 0.4) is 0 Å². The van der Waals surface area contributed by atoms with Crippen molar-refractivity contribution in [2.24, 2.45) is 0 Å². The van der Waals surface area contributed by atoms with Gasteiger partial charge >= 0.3 is 10.2 Å². The SMILES string of the molecule is O=S(=O)(F)C=Cc1ccco1. The standard InChI is InChI=1S/C6H5FO3S/c7-11(8,9)5-3-6-2-1-4-10-6/h1-5H. The lowest BCUT2D eigenvalue weighted by molar-refractivity contribution is 0.554. The molecule has 60 valence electrons. The Morgan fingerprint density at radius 1 is 1.55 bits per heavy atom. The van der Waals surface area contributed by atoms with Crippen molar-refractivity contribution in [3.8, 4) is 0 Å². The maximum Gasteiger partial charge on any atom is 0.325 e. The predicted octanol–water partition coefficient (Wildman–Crippen LogP) is 1.55. The minimum absolute atomic E-state index is 0.297. The second kappa shape index (κ2) is 2.87. The van der Waals surface area contributed by atoms with E-state index < -0.39 is 10.2 Å². The first-order valence-electron chi connectivity index (χ1n) is 2.74. The Labute approximate surface area is 63.4 Å². The molecule has 0 unspecified atom stereocenters. The van der Waals surface area contributed by atoms with Crippen LogP contribution in [-0.2, 0) is 10.2 Å². The average molecular weight is 176 g/mol. The molecule has 1 aromatic heterocycles. The molecule has 5 heteroatoms. The Bertz CT molecular complexity index is 336. The Kier molecular flexibility index (Phi) is 2.09. The van der Waals surface area contributed by atoms with Crippen molar-refractivity contribution in [2.45, 2.75) is 0 Å². The van der Waals surface area contributed by atoms with Crippen molar-refractivity contribution in [2.75, 3.05) is 0 Å². The third kappa shape index (κ3) is 2.99. The summed E-state index contributed by atoms with van der Waals surface area (Å²) < 4.78 is 36.4. The molecule has 0 fully saturated rings. The van der Waals surface area contributed by atoms with Gasteiger partial charge in [0.05, 0.1) is 11.7 Å². The van der Waals surface area contributed by atoms with Crippen LogP contribution >= 0.6 is 0 Å². The van der Waals surface area contributed by atoms with Gasteiger partial charge in [-0.1, -0.05) is 0 Å². The minimum Gasteiger partial charge on any atom is -0.465 e. The van der Waals surface area contributed by atoms with E-state index in [1.165, 1.54) is 12.3 Å². The number of hydrogen-bond acceptors (Lipinski definition) is 3. The monoisotopic (exact) mass is 176 g/mol. The van der Waals surface area contributed by atoms with Crippen LogP contribution in [0.2, 0.25) is 0 Å². The molecule has 0 atom stereocenters. The van der Waals surface area contributed by atoms with E-state index in [0.717, 1.165) is 6.08 Å². The van der Waals surface area contributed by atoms with Crippen molar-refractivity contribution in [1.82, 2.24) is 0 Å². The second-order valence-corrected chi connectivity index (χ2v) is 3.02. The summed E-state index contributed by atoms with van der Waals surface area (Å²) in [5.74, 6) is 0.297. The van der Waals surface area contributed by atoms with Crippen LogP contribution in [0.1, 0.15) is 5.76 Å². The Morgan fingerprint density at radius 2 is 2.27 bits per heavy atom. The maximum absolute atomic E-state index is 11.8. The zero-order chi connectivity index (χ0) is 8.32. The fraction of sp³-hybridized carbons (Fsp3) is 0. The summed E-state index contributed by atoms with van der Waals surface area (Å²) in [4.78, 5) is 0. The summed E-state index contributed by atoms with van der Waals surface area (Å²) in [5, 5.41) is 0.436. The molecule has 1 heterocycles. The predicted molar refractivity (Wildman–Crippen MR) is 37.8 cm³/mol. The lowest BCUT2D eigenvalue weighted by atomic mass is 10.5. The van der Waals surface area contributed by atoms with Crippen LogP contribution in [0.4, 0.5) is 3.89 Å². The molecule has 0 aromatic carbocycles. The molecule has 0 aliphatic rings. The summed E-state index contributed by atoms with van der Waals surface area (Å²) in [6.45, 7) is 0. The summed E-state index contributed by atoms with van der Waals surface area (Å²) in [6.07, 6.45) is 2.40. The first kappa shape index (κ1) is 8.00. The summed E-state index contributed by atoms with van der Waals surface area (Å²) in [5.41, 5.74) is 0. The fourth-order valence-electron chi connectivity index (χ4n) is 0.534. The van der Waals surface area contributed by atoms with Crippen molar-refractivity contribution < 1.29 is 16.7 Å². The van der Waals surface area contributed by atoms with Gasteiger partial charge < -0.3 is 4.42 Å². The van der Waals surface area contributed by atoms with Crippen molar-refractivity contribution >= 4 is 16.3 Å². The van der Waals surface area contributed by atoms with Gasteiger partial charge in [-0.25, -0.2) is 0 Å². The summed E-state index contributed by atoms with van der Waals surface area (Å²) in [7, 11) is -4.54. The van der Waals surface area contributed by atoms with Gasteiger partial charge in [0.2, 0.25) is 0 Å². The van der Waals surface area contributed by atoms with Crippen LogP contribution in [0.5, 0.6) is 0 Å². The molecule has 1 aromatic rings. The smallest absolute Gasteiger partial charge is 0.325 e. The summed E-state index contributed by atoms with van der Waals surface area (Å²) >= 11 is 0. The van der Waals surface area contributed by atoms with Crippen molar-refractivity contribution in [1.29, 1.82) is 0 Å². The highest BCUT2D eigenvalue weighted by Crippen LogP contribution is 2.04. The lowest BCUT2D eigenvalue weighted by Crippen LogP contribution is -1.79. The first-order valence-corrected chi connectivity index (χ1v) is 4.19. The number of hydrogen-bond donors (Lipinski definition) is 0. The molecular formula is C6H5FO3S. The molecule has 1 rings (SSSR count). The van der Waals surface area contributed by atoms with Crippen molar-refractivity contribution in [3.05, 3.63) is 29.6 Å². The molecular weight excluding hydrogens is 171 g/mol. The van der Waals surface area contributed by atoms with Gasteiger partial charge in [-0.05, 0) is 18.2 Å². The van der Waals surface area contributed by atoms with Crippen LogP contribution in [-0.4, -0.2) is 8.42 Å². The Morgan fingerprint density at radius 3 is 2.73 bits per heavy atom.